The summed E-state index contributed by atoms with van der Waals surface area (Å²) in [6, 6.07) is 15.1. The summed E-state index contributed by atoms with van der Waals surface area (Å²) < 4.78 is 10.1. The van der Waals surface area contributed by atoms with Gasteiger partial charge in [-0.25, -0.2) is 4.79 Å². The molecule has 2 aromatic carbocycles. The molecule has 0 atom stereocenters. The number of anilines is 1. The highest BCUT2D eigenvalue weighted by Gasteiger charge is 2.10. The lowest BCUT2D eigenvalue weighted by molar-refractivity contribution is -0.145. The Balaban J connectivity index is 2.01. The van der Waals surface area contributed by atoms with Crippen LogP contribution in [0.5, 0.6) is 5.75 Å². The van der Waals surface area contributed by atoms with Gasteiger partial charge in [-0.3, -0.25) is 4.79 Å². The van der Waals surface area contributed by atoms with Crippen molar-refractivity contribution in [1.29, 1.82) is 5.26 Å². The fourth-order valence-corrected chi connectivity index (χ4v) is 2.18. The van der Waals surface area contributed by atoms with Crippen LogP contribution in [0.3, 0.4) is 0 Å². The van der Waals surface area contributed by atoms with Crippen LogP contribution in [0.1, 0.15) is 12.5 Å². The van der Waals surface area contributed by atoms with Gasteiger partial charge >= 0.3 is 5.97 Å². The zero-order valence-electron chi connectivity index (χ0n) is 14.6. The summed E-state index contributed by atoms with van der Waals surface area (Å²) in [5.41, 5.74) is 1.12. The summed E-state index contributed by atoms with van der Waals surface area (Å²) in [6.45, 7) is 1.83. The fourth-order valence-electron chi connectivity index (χ4n) is 2.05. The van der Waals surface area contributed by atoms with E-state index in [9.17, 15) is 14.9 Å². The number of nitrogens with one attached hydrogen (secondary N) is 1. The number of esters is 1. The van der Waals surface area contributed by atoms with E-state index in [1.54, 1.807) is 55.5 Å². The highest BCUT2D eigenvalue weighted by atomic mass is 35.5. The summed E-state index contributed by atoms with van der Waals surface area (Å²) in [6.07, 6.45) is 1.46. The van der Waals surface area contributed by atoms with Crippen LogP contribution >= 0.6 is 11.6 Å². The minimum absolute atomic E-state index is 0.0508. The molecular weight excluding hydrogens is 368 g/mol. The maximum atomic E-state index is 12.2. The quantitative estimate of drug-likeness (QED) is 0.445. The molecule has 0 aliphatic heterocycles. The van der Waals surface area contributed by atoms with Crippen molar-refractivity contribution in [2.45, 2.75) is 6.92 Å². The molecule has 27 heavy (non-hydrogen) atoms. The first-order valence-corrected chi connectivity index (χ1v) is 8.47. The average molecular weight is 385 g/mol. The smallest absolute Gasteiger partial charge is 0.344 e. The molecular formula is C20H17ClN2O4. The molecule has 0 aliphatic rings. The van der Waals surface area contributed by atoms with E-state index in [2.05, 4.69) is 5.32 Å². The SMILES string of the molecule is CCOC(=O)COc1ccc(C=C(C#N)C(=O)Nc2ccc(Cl)cc2)cc1. The van der Waals surface area contributed by atoms with E-state index < -0.39 is 11.9 Å². The predicted molar refractivity (Wildman–Crippen MR) is 102 cm³/mol. The maximum Gasteiger partial charge on any atom is 0.344 e. The van der Waals surface area contributed by atoms with Gasteiger partial charge in [0, 0.05) is 10.7 Å². The molecule has 0 spiro atoms. The van der Waals surface area contributed by atoms with Crippen LogP contribution in [0.2, 0.25) is 5.02 Å². The molecule has 2 aromatic rings. The number of carbonyl (C=O) groups excluding carboxylic acids is 2. The van der Waals surface area contributed by atoms with Gasteiger partial charge in [-0.15, -0.1) is 0 Å². The second-order valence-corrected chi connectivity index (χ2v) is 5.73. The molecule has 2 rings (SSSR count). The Kier molecular flexibility index (Phi) is 7.41. The minimum atomic E-state index is -0.525. The van der Waals surface area contributed by atoms with Gasteiger partial charge in [0.15, 0.2) is 6.61 Å². The van der Waals surface area contributed by atoms with E-state index >= 15 is 0 Å². The van der Waals surface area contributed by atoms with Gasteiger partial charge in [0.25, 0.3) is 5.91 Å². The molecule has 0 aliphatic carbocycles. The number of halogens is 1. The maximum absolute atomic E-state index is 12.2. The van der Waals surface area contributed by atoms with Crippen LogP contribution in [-0.2, 0) is 14.3 Å². The van der Waals surface area contributed by atoms with E-state index in [0.29, 0.717) is 28.6 Å². The molecule has 0 saturated heterocycles. The van der Waals surface area contributed by atoms with Crippen molar-refractivity contribution in [1.82, 2.24) is 0 Å². The topological polar surface area (TPSA) is 88.4 Å². The lowest BCUT2D eigenvalue weighted by Crippen LogP contribution is -2.14. The van der Waals surface area contributed by atoms with E-state index in [1.165, 1.54) is 6.08 Å². The number of ether oxygens (including phenoxy) is 2. The van der Waals surface area contributed by atoms with E-state index in [0.717, 1.165) is 0 Å². The third kappa shape index (κ3) is 6.49. The summed E-state index contributed by atoms with van der Waals surface area (Å²) in [5, 5.41) is 12.4. The predicted octanol–water partition coefficient (Wildman–Crippen LogP) is 3.83. The molecule has 7 heteroatoms. The van der Waals surface area contributed by atoms with Gasteiger partial charge in [0.1, 0.15) is 17.4 Å². The third-order valence-corrected chi connectivity index (χ3v) is 3.57. The molecule has 138 valence electrons. The van der Waals surface area contributed by atoms with Gasteiger partial charge in [-0.05, 0) is 55.0 Å². The van der Waals surface area contributed by atoms with Crippen molar-refractivity contribution in [2.75, 3.05) is 18.5 Å². The number of nitriles is 1. The lowest BCUT2D eigenvalue weighted by Gasteiger charge is -2.06. The molecule has 0 bridgehead atoms. The molecule has 1 amide bonds. The van der Waals surface area contributed by atoms with Gasteiger partial charge in [-0.1, -0.05) is 23.7 Å². The summed E-state index contributed by atoms with van der Waals surface area (Å²) in [5.74, 6) is -0.501. The molecule has 0 heterocycles. The Hall–Kier alpha value is -3.30. The number of hydrogen-bond donors (Lipinski definition) is 1. The van der Waals surface area contributed by atoms with Crippen LogP contribution in [0.4, 0.5) is 5.69 Å². The van der Waals surface area contributed by atoms with Crippen molar-refractivity contribution in [3.05, 3.63) is 64.7 Å². The molecule has 6 nitrogen and oxygen atoms in total. The van der Waals surface area contributed by atoms with E-state index in [4.69, 9.17) is 21.1 Å². The van der Waals surface area contributed by atoms with Gasteiger partial charge in [0.2, 0.25) is 0 Å². The lowest BCUT2D eigenvalue weighted by atomic mass is 10.1. The molecule has 1 N–H and O–H groups in total. The summed E-state index contributed by atoms with van der Waals surface area (Å²) in [7, 11) is 0. The van der Waals surface area contributed by atoms with Crippen molar-refractivity contribution in [3.63, 3.8) is 0 Å². The Morgan fingerprint density at radius 1 is 1.15 bits per heavy atom. The van der Waals surface area contributed by atoms with Crippen LogP contribution < -0.4 is 10.1 Å². The number of hydrogen-bond acceptors (Lipinski definition) is 5. The van der Waals surface area contributed by atoms with Crippen molar-refractivity contribution < 1.29 is 19.1 Å². The van der Waals surface area contributed by atoms with E-state index in [1.807, 2.05) is 6.07 Å². The Labute approximate surface area is 162 Å². The highest BCUT2D eigenvalue weighted by Crippen LogP contribution is 2.17. The third-order valence-electron chi connectivity index (χ3n) is 3.32. The Morgan fingerprint density at radius 2 is 1.81 bits per heavy atom. The van der Waals surface area contributed by atoms with Crippen LogP contribution in [0.15, 0.2) is 54.1 Å². The minimum Gasteiger partial charge on any atom is -0.482 e. The molecule has 0 radical (unpaired) electrons. The highest BCUT2D eigenvalue weighted by molar-refractivity contribution is 6.30. The zero-order valence-corrected chi connectivity index (χ0v) is 15.3. The zero-order chi connectivity index (χ0) is 19.6. The molecule has 0 fully saturated rings. The Morgan fingerprint density at radius 3 is 2.41 bits per heavy atom. The van der Waals surface area contributed by atoms with Crippen LogP contribution in [0.25, 0.3) is 6.08 Å². The summed E-state index contributed by atoms with van der Waals surface area (Å²) >= 11 is 5.80. The number of nitrogens with zero attached hydrogens (tertiary/aromatic N) is 1. The first-order chi connectivity index (χ1) is 13.0. The van der Waals surface area contributed by atoms with E-state index in [-0.39, 0.29) is 12.2 Å². The number of benzene rings is 2. The van der Waals surface area contributed by atoms with Gasteiger partial charge < -0.3 is 14.8 Å². The largest absolute Gasteiger partial charge is 0.482 e. The van der Waals surface area contributed by atoms with Crippen LogP contribution in [-0.4, -0.2) is 25.1 Å². The number of carbonyl (C=O) groups is 2. The fraction of sp³-hybridized carbons (Fsp3) is 0.150. The summed E-state index contributed by atoms with van der Waals surface area (Å²) in [4.78, 5) is 23.5. The standard InChI is InChI=1S/C20H17ClN2O4/c1-2-26-19(24)13-27-18-9-3-14(4-10-18)11-15(12-22)20(25)23-17-7-5-16(21)6-8-17/h3-11H,2,13H2,1H3,(H,23,25). The second kappa shape index (κ2) is 10.00. The van der Waals surface area contributed by atoms with Crippen LogP contribution in [0, 0.1) is 11.3 Å². The van der Waals surface area contributed by atoms with Gasteiger partial charge in [-0.2, -0.15) is 5.26 Å². The number of amides is 1. The number of rotatable bonds is 7. The first-order valence-electron chi connectivity index (χ1n) is 8.09. The second-order valence-electron chi connectivity index (χ2n) is 5.29. The van der Waals surface area contributed by atoms with Crippen molar-refractivity contribution in [2.24, 2.45) is 0 Å². The van der Waals surface area contributed by atoms with Gasteiger partial charge in [0.05, 0.1) is 6.61 Å². The Bertz CT molecular complexity index is 868. The molecule has 0 saturated carbocycles. The monoisotopic (exact) mass is 384 g/mol. The molecule has 0 aromatic heterocycles. The van der Waals surface area contributed by atoms with Crippen molar-refractivity contribution >= 4 is 35.2 Å². The molecule has 0 unspecified atom stereocenters. The average Bonchev–Trinajstić information content (AvgIpc) is 2.67. The first kappa shape index (κ1) is 20.0. The van der Waals surface area contributed by atoms with Crippen molar-refractivity contribution in [3.8, 4) is 11.8 Å². The normalized spacial score (nSPS) is 10.6.